The molecule has 1 heterocycles. The number of aryl methyl sites for hydroxylation is 2. The normalized spacial score (nSPS) is 10.7. The number of carbonyl (C=O) groups excluding carboxylic acids is 1. The van der Waals surface area contributed by atoms with E-state index in [1.165, 1.54) is 5.56 Å². The Morgan fingerprint density at radius 1 is 0.882 bits per heavy atom. The molecule has 0 radical (unpaired) electrons. The molecule has 0 saturated heterocycles. The Morgan fingerprint density at radius 2 is 1.59 bits per heavy atom. The van der Waals surface area contributed by atoms with E-state index in [1.807, 2.05) is 48.5 Å². The number of hydrogen-bond acceptors (Lipinski definition) is 5. The van der Waals surface area contributed by atoms with Gasteiger partial charge in [-0.05, 0) is 41.8 Å². The molecule has 4 rings (SSSR count). The number of nitrogens with zero attached hydrogens (tertiary/aromatic N) is 3. The lowest BCUT2D eigenvalue weighted by Gasteiger charge is -2.10. The van der Waals surface area contributed by atoms with E-state index in [-0.39, 0.29) is 5.91 Å². The van der Waals surface area contributed by atoms with Gasteiger partial charge < -0.3 is 10.1 Å². The van der Waals surface area contributed by atoms with Gasteiger partial charge in [-0.2, -0.15) is 0 Å². The zero-order valence-corrected chi connectivity index (χ0v) is 20.0. The number of nitrogens with one attached hydrogen (secondary N) is 1. The molecule has 174 valence electrons. The number of hydrogen-bond donors (Lipinski definition) is 1. The zero-order valence-electron chi connectivity index (χ0n) is 19.2. The fraction of sp³-hybridized carbons (Fsp3) is 0.222. The lowest BCUT2D eigenvalue weighted by atomic mass is 10.1. The second-order valence-corrected chi connectivity index (χ2v) is 8.84. The van der Waals surface area contributed by atoms with Crippen LogP contribution in [0.5, 0.6) is 5.75 Å². The van der Waals surface area contributed by atoms with Crippen molar-refractivity contribution in [3.05, 3.63) is 102 Å². The molecule has 1 aromatic heterocycles. The number of aromatic nitrogens is 3. The van der Waals surface area contributed by atoms with Gasteiger partial charge in [0.2, 0.25) is 5.91 Å². The van der Waals surface area contributed by atoms with Crippen molar-refractivity contribution in [2.75, 3.05) is 12.9 Å². The molecule has 4 aromatic rings. The summed E-state index contributed by atoms with van der Waals surface area (Å²) in [5.74, 6) is 2.36. The average molecular weight is 473 g/mol. The molecule has 0 aliphatic heterocycles. The van der Waals surface area contributed by atoms with Gasteiger partial charge in [0.25, 0.3) is 0 Å². The largest absolute Gasteiger partial charge is 0.497 e. The summed E-state index contributed by atoms with van der Waals surface area (Å²) in [7, 11) is 1.64. The van der Waals surface area contributed by atoms with Crippen LogP contribution in [-0.2, 0) is 24.2 Å². The second-order valence-electron chi connectivity index (χ2n) is 7.78. The molecule has 0 unspecified atom stereocenters. The first kappa shape index (κ1) is 23.6. The average Bonchev–Trinajstić information content (AvgIpc) is 3.30. The number of carbonyl (C=O) groups is 1. The number of amides is 1. The van der Waals surface area contributed by atoms with Gasteiger partial charge in [-0.1, -0.05) is 72.4 Å². The quantitative estimate of drug-likeness (QED) is 0.316. The predicted molar refractivity (Wildman–Crippen MR) is 135 cm³/mol. The molecule has 7 heteroatoms. The van der Waals surface area contributed by atoms with Gasteiger partial charge in [0.15, 0.2) is 5.16 Å². The first-order valence-corrected chi connectivity index (χ1v) is 12.3. The zero-order chi connectivity index (χ0) is 23.6. The lowest BCUT2D eigenvalue weighted by molar-refractivity contribution is -0.120. The fourth-order valence-electron chi connectivity index (χ4n) is 3.56. The topological polar surface area (TPSA) is 69.0 Å². The molecule has 1 amide bonds. The maximum absolute atomic E-state index is 12.4. The van der Waals surface area contributed by atoms with Crippen LogP contribution >= 0.6 is 11.8 Å². The summed E-state index contributed by atoms with van der Waals surface area (Å²) in [6, 6.07) is 28.2. The van der Waals surface area contributed by atoms with E-state index in [0.717, 1.165) is 40.8 Å². The second kappa shape index (κ2) is 12.0. The standard InChI is InChI=1S/C27H28N4O2S/c1-33-24-15-12-22(13-16-24)20-28-26(32)18-19-34-27-30-29-25(17-14-21-8-4-2-5-9-21)31(27)23-10-6-3-7-11-23/h2-13,15-16H,14,17-20H2,1H3,(H,28,32). The highest BCUT2D eigenvalue weighted by Gasteiger charge is 2.15. The van der Waals surface area contributed by atoms with E-state index in [9.17, 15) is 4.79 Å². The van der Waals surface area contributed by atoms with Crippen LogP contribution in [0.25, 0.3) is 5.69 Å². The molecule has 3 aromatic carbocycles. The van der Waals surface area contributed by atoms with Gasteiger partial charge in [0.1, 0.15) is 11.6 Å². The van der Waals surface area contributed by atoms with E-state index >= 15 is 0 Å². The molecule has 34 heavy (non-hydrogen) atoms. The highest BCUT2D eigenvalue weighted by Crippen LogP contribution is 2.23. The monoisotopic (exact) mass is 472 g/mol. The Morgan fingerprint density at radius 3 is 2.29 bits per heavy atom. The lowest BCUT2D eigenvalue weighted by Crippen LogP contribution is -2.23. The van der Waals surface area contributed by atoms with Gasteiger partial charge in [-0.3, -0.25) is 9.36 Å². The number of ether oxygens (including phenoxy) is 1. The molecule has 0 aliphatic rings. The molecule has 6 nitrogen and oxygen atoms in total. The van der Waals surface area contributed by atoms with E-state index in [1.54, 1.807) is 18.9 Å². The van der Waals surface area contributed by atoms with Crippen molar-refractivity contribution in [1.29, 1.82) is 0 Å². The van der Waals surface area contributed by atoms with Crippen LogP contribution in [0.15, 0.2) is 90.1 Å². The highest BCUT2D eigenvalue weighted by atomic mass is 32.2. The van der Waals surface area contributed by atoms with Crippen LogP contribution in [0, 0.1) is 0 Å². The van der Waals surface area contributed by atoms with Crippen LogP contribution in [0.2, 0.25) is 0 Å². The van der Waals surface area contributed by atoms with Gasteiger partial charge in [0.05, 0.1) is 7.11 Å². The Balaban J connectivity index is 1.35. The van der Waals surface area contributed by atoms with E-state index in [4.69, 9.17) is 4.74 Å². The van der Waals surface area contributed by atoms with Crippen LogP contribution in [0.1, 0.15) is 23.4 Å². The molecule has 1 N–H and O–H groups in total. The molecule has 0 spiro atoms. The number of benzene rings is 3. The fourth-order valence-corrected chi connectivity index (χ4v) is 4.47. The molecule has 0 aliphatic carbocycles. The first-order valence-electron chi connectivity index (χ1n) is 11.3. The summed E-state index contributed by atoms with van der Waals surface area (Å²) in [5, 5.41) is 12.7. The molecule has 0 bridgehead atoms. The maximum Gasteiger partial charge on any atom is 0.221 e. The third kappa shape index (κ3) is 6.48. The van der Waals surface area contributed by atoms with E-state index in [2.05, 4.69) is 56.5 Å². The number of thioether (sulfide) groups is 1. The van der Waals surface area contributed by atoms with Crippen LogP contribution in [0.4, 0.5) is 0 Å². The summed E-state index contributed by atoms with van der Waals surface area (Å²) in [4.78, 5) is 12.4. The third-order valence-electron chi connectivity index (χ3n) is 5.40. The minimum atomic E-state index is 0.0124. The predicted octanol–water partition coefficient (Wildman–Crippen LogP) is 4.86. The third-order valence-corrected chi connectivity index (χ3v) is 6.33. The molecular weight excluding hydrogens is 444 g/mol. The summed E-state index contributed by atoms with van der Waals surface area (Å²) < 4.78 is 7.27. The van der Waals surface area contributed by atoms with Crippen molar-refractivity contribution >= 4 is 17.7 Å². The number of rotatable bonds is 11. The summed E-state index contributed by atoms with van der Waals surface area (Å²) in [6.07, 6.45) is 2.08. The van der Waals surface area contributed by atoms with E-state index < -0.39 is 0 Å². The Bertz CT molecular complexity index is 1180. The van der Waals surface area contributed by atoms with Gasteiger partial charge in [0, 0.05) is 30.8 Å². The van der Waals surface area contributed by atoms with Crippen molar-refractivity contribution in [2.45, 2.75) is 31.0 Å². The minimum absolute atomic E-state index is 0.0124. The molecule has 0 saturated carbocycles. The van der Waals surface area contributed by atoms with Crippen molar-refractivity contribution < 1.29 is 9.53 Å². The Kier molecular flexibility index (Phi) is 8.35. The first-order chi connectivity index (χ1) is 16.7. The van der Waals surface area contributed by atoms with Gasteiger partial charge in [-0.15, -0.1) is 10.2 Å². The summed E-state index contributed by atoms with van der Waals surface area (Å²) >= 11 is 1.55. The highest BCUT2D eigenvalue weighted by molar-refractivity contribution is 7.99. The minimum Gasteiger partial charge on any atom is -0.497 e. The molecule has 0 atom stereocenters. The van der Waals surface area contributed by atoms with Crippen molar-refractivity contribution in [2.24, 2.45) is 0 Å². The van der Waals surface area contributed by atoms with Crippen LogP contribution in [-0.4, -0.2) is 33.5 Å². The summed E-state index contributed by atoms with van der Waals surface area (Å²) in [5.41, 5.74) is 3.34. The maximum atomic E-state index is 12.4. The van der Waals surface area contributed by atoms with Crippen LogP contribution in [0.3, 0.4) is 0 Å². The van der Waals surface area contributed by atoms with Crippen molar-refractivity contribution in [3.8, 4) is 11.4 Å². The smallest absolute Gasteiger partial charge is 0.221 e. The van der Waals surface area contributed by atoms with E-state index in [0.29, 0.717) is 18.7 Å². The Hall–Kier alpha value is -3.58. The van der Waals surface area contributed by atoms with Gasteiger partial charge in [-0.25, -0.2) is 0 Å². The van der Waals surface area contributed by atoms with Gasteiger partial charge >= 0.3 is 0 Å². The molecular formula is C27H28N4O2S. The number of para-hydroxylation sites is 1. The number of methoxy groups -OCH3 is 1. The molecule has 0 fully saturated rings. The summed E-state index contributed by atoms with van der Waals surface area (Å²) in [6.45, 7) is 0.497. The Labute approximate surface area is 204 Å². The van der Waals surface area contributed by atoms with Crippen LogP contribution < -0.4 is 10.1 Å². The van der Waals surface area contributed by atoms with Crippen molar-refractivity contribution in [1.82, 2.24) is 20.1 Å². The SMILES string of the molecule is COc1ccc(CNC(=O)CCSc2nnc(CCc3ccccc3)n2-c2ccccc2)cc1. The van der Waals surface area contributed by atoms with Crippen molar-refractivity contribution in [3.63, 3.8) is 0 Å².